The van der Waals surface area contributed by atoms with Crippen molar-refractivity contribution in [1.29, 1.82) is 0 Å². The van der Waals surface area contributed by atoms with Crippen molar-refractivity contribution in [2.75, 3.05) is 13.7 Å². The zero-order chi connectivity index (χ0) is 21.4. The molecule has 0 radical (unpaired) electrons. The molecule has 0 fully saturated rings. The third kappa shape index (κ3) is 6.13. The van der Waals surface area contributed by atoms with Gasteiger partial charge in [0, 0.05) is 6.07 Å². The largest absolute Gasteiger partial charge is 0.477 e. The third-order valence-corrected chi connectivity index (χ3v) is 4.04. The molecule has 0 aliphatic rings. The molecule has 1 atom stereocenters. The number of ketones is 1. The number of carbonyl (C=O) groups is 3. The van der Waals surface area contributed by atoms with Gasteiger partial charge in [-0.25, -0.2) is 4.79 Å². The summed E-state index contributed by atoms with van der Waals surface area (Å²) in [7, 11) is 1.16. The Kier molecular flexibility index (Phi) is 7.41. The predicted molar refractivity (Wildman–Crippen MR) is 103 cm³/mol. The Morgan fingerprint density at radius 2 is 1.83 bits per heavy atom. The van der Waals surface area contributed by atoms with E-state index < -0.39 is 35.1 Å². The number of Topliss-reactive ketones (excluding diaryl/α,β-unsaturated/α-hetero) is 1. The molecule has 0 aliphatic carbocycles. The van der Waals surface area contributed by atoms with Gasteiger partial charge < -0.3 is 14.8 Å². The van der Waals surface area contributed by atoms with Crippen molar-refractivity contribution in [3.05, 3.63) is 69.8 Å². The van der Waals surface area contributed by atoms with Crippen LogP contribution in [0.5, 0.6) is 5.75 Å². The van der Waals surface area contributed by atoms with Gasteiger partial charge in [-0.2, -0.15) is 0 Å². The SMILES string of the molecule is COC(=O)c1ccc(OCC(=O)N[C@H](Cc2ccccc2)C(C)=O)c([N+](=O)[O-])c1. The van der Waals surface area contributed by atoms with Gasteiger partial charge in [-0.15, -0.1) is 0 Å². The zero-order valence-corrected chi connectivity index (χ0v) is 15.9. The molecular weight excluding hydrogens is 380 g/mol. The molecule has 0 spiro atoms. The van der Waals surface area contributed by atoms with E-state index in [0.717, 1.165) is 18.7 Å². The average molecular weight is 400 g/mol. The molecule has 0 bridgehead atoms. The second-order valence-corrected chi connectivity index (χ2v) is 6.14. The highest BCUT2D eigenvalue weighted by molar-refractivity contribution is 5.90. The van der Waals surface area contributed by atoms with E-state index in [2.05, 4.69) is 10.1 Å². The van der Waals surface area contributed by atoms with Gasteiger partial charge >= 0.3 is 11.7 Å². The molecule has 2 aromatic rings. The lowest BCUT2D eigenvalue weighted by molar-refractivity contribution is -0.385. The Hall–Kier alpha value is -3.75. The highest BCUT2D eigenvalue weighted by Crippen LogP contribution is 2.28. The van der Waals surface area contributed by atoms with Crippen LogP contribution >= 0.6 is 0 Å². The Morgan fingerprint density at radius 1 is 1.14 bits per heavy atom. The maximum Gasteiger partial charge on any atom is 0.338 e. The van der Waals surface area contributed by atoms with Crippen LogP contribution < -0.4 is 10.1 Å². The number of nitrogens with zero attached hydrogens (tertiary/aromatic N) is 1. The van der Waals surface area contributed by atoms with Crippen molar-refractivity contribution < 1.29 is 28.8 Å². The highest BCUT2D eigenvalue weighted by atomic mass is 16.6. The minimum Gasteiger partial charge on any atom is -0.477 e. The second-order valence-electron chi connectivity index (χ2n) is 6.14. The average Bonchev–Trinajstić information content (AvgIpc) is 2.71. The summed E-state index contributed by atoms with van der Waals surface area (Å²) in [4.78, 5) is 46.1. The van der Waals surface area contributed by atoms with E-state index in [1.165, 1.54) is 19.1 Å². The molecule has 0 aromatic heterocycles. The summed E-state index contributed by atoms with van der Waals surface area (Å²) in [6, 6.07) is 11.9. The molecule has 0 saturated carbocycles. The first-order valence-electron chi connectivity index (χ1n) is 8.65. The summed E-state index contributed by atoms with van der Waals surface area (Å²) in [5, 5.41) is 13.8. The fourth-order valence-electron chi connectivity index (χ4n) is 2.55. The molecule has 2 aromatic carbocycles. The van der Waals surface area contributed by atoms with Crippen molar-refractivity contribution in [2.24, 2.45) is 0 Å². The van der Waals surface area contributed by atoms with E-state index in [0.29, 0.717) is 6.42 Å². The number of hydrogen-bond acceptors (Lipinski definition) is 7. The maximum atomic E-state index is 12.2. The number of nitro groups is 1. The number of rotatable bonds is 9. The van der Waals surface area contributed by atoms with Crippen molar-refractivity contribution in [2.45, 2.75) is 19.4 Å². The number of carbonyl (C=O) groups excluding carboxylic acids is 3. The van der Waals surface area contributed by atoms with Crippen molar-refractivity contribution in [3.8, 4) is 5.75 Å². The van der Waals surface area contributed by atoms with Gasteiger partial charge in [0.05, 0.1) is 23.6 Å². The summed E-state index contributed by atoms with van der Waals surface area (Å²) in [5.41, 5.74) is 0.381. The summed E-state index contributed by atoms with van der Waals surface area (Å²) in [6.45, 7) is 0.835. The molecule has 0 heterocycles. The number of methoxy groups -OCH3 is 1. The smallest absolute Gasteiger partial charge is 0.338 e. The molecule has 0 saturated heterocycles. The number of nitro benzene ring substituents is 1. The van der Waals surface area contributed by atoms with E-state index in [-0.39, 0.29) is 17.1 Å². The van der Waals surface area contributed by atoms with Crippen molar-refractivity contribution in [3.63, 3.8) is 0 Å². The number of ether oxygens (including phenoxy) is 2. The molecule has 152 valence electrons. The van der Waals surface area contributed by atoms with Gasteiger partial charge in [0.2, 0.25) is 0 Å². The molecule has 1 amide bonds. The Labute approximate surface area is 166 Å². The van der Waals surface area contributed by atoms with Crippen LogP contribution in [0, 0.1) is 10.1 Å². The summed E-state index contributed by atoms with van der Waals surface area (Å²) in [6.07, 6.45) is 0.315. The molecule has 29 heavy (non-hydrogen) atoms. The Morgan fingerprint density at radius 3 is 2.41 bits per heavy atom. The van der Waals surface area contributed by atoms with Crippen LogP contribution in [-0.4, -0.2) is 42.3 Å². The van der Waals surface area contributed by atoms with Crippen LogP contribution in [0.4, 0.5) is 5.69 Å². The number of esters is 1. The first-order chi connectivity index (χ1) is 13.8. The van der Waals surface area contributed by atoms with Crippen LogP contribution in [0.3, 0.4) is 0 Å². The minimum absolute atomic E-state index is 0.0180. The molecule has 2 rings (SSSR count). The quantitative estimate of drug-likeness (QED) is 0.388. The number of nitrogens with one attached hydrogen (secondary N) is 1. The first kappa shape index (κ1) is 21.5. The van der Waals surface area contributed by atoms with Crippen LogP contribution in [0.15, 0.2) is 48.5 Å². The maximum absolute atomic E-state index is 12.2. The molecule has 0 unspecified atom stereocenters. The molecule has 9 heteroatoms. The van der Waals surface area contributed by atoms with Gasteiger partial charge in [0.1, 0.15) is 0 Å². The van der Waals surface area contributed by atoms with E-state index in [1.54, 1.807) is 0 Å². The van der Waals surface area contributed by atoms with E-state index >= 15 is 0 Å². The van der Waals surface area contributed by atoms with E-state index in [1.807, 2.05) is 30.3 Å². The molecule has 1 N–H and O–H groups in total. The second kappa shape index (κ2) is 9.98. The lowest BCUT2D eigenvalue weighted by Gasteiger charge is -2.16. The van der Waals surface area contributed by atoms with Crippen LogP contribution in [0.25, 0.3) is 0 Å². The number of amides is 1. The Balaban J connectivity index is 2.04. The van der Waals surface area contributed by atoms with E-state index in [9.17, 15) is 24.5 Å². The van der Waals surface area contributed by atoms with Crippen LogP contribution in [0.1, 0.15) is 22.8 Å². The van der Waals surface area contributed by atoms with Gasteiger partial charge in [0.15, 0.2) is 18.1 Å². The third-order valence-electron chi connectivity index (χ3n) is 4.04. The molecule has 9 nitrogen and oxygen atoms in total. The number of hydrogen-bond donors (Lipinski definition) is 1. The van der Waals surface area contributed by atoms with E-state index in [4.69, 9.17) is 4.74 Å². The van der Waals surface area contributed by atoms with Gasteiger partial charge in [0.25, 0.3) is 5.91 Å². The topological polar surface area (TPSA) is 125 Å². The first-order valence-corrected chi connectivity index (χ1v) is 8.65. The lowest BCUT2D eigenvalue weighted by Crippen LogP contribution is -2.43. The Bertz CT molecular complexity index is 912. The standard InChI is InChI=1S/C20H20N2O7/c1-13(23)16(10-14-6-4-3-5-7-14)21-19(24)12-29-18-9-8-15(20(25)28-2)11-17(18)22(26)27/h3-9,11,16H,10,12H2,1-2H3,(H,21,24)/t16-/m1/s1. The minimum atomic E-state index is -0.745. The predicted octanol–water partition coefficient (Wildman–Crippen LogP) is 2.08. The number of benzene rings is 2. The molecule has 0 aliphatic heterocycles. The van der Waals surface area contributed by atoms with Crippen molar-refractivity contribution >= 4 is 23.3 Å². The van der Waals surface area contributed by atoms with Crippen molar-refractivity contribution in [1.82, 2.24) is 5.32 Å². The fourth-order valence-corrected chi connectivity index (χ4v) is 2.55. The zero-order valence-electron chi connectivity index (χ0n) is 15.9. The van der Waals surface area contributed by atoms with Gasteiger partial charge in [-0.1, -0.05) is 30.3 Å². The van der Waals surface area contributed by atoms with Crippen LogP contribution in [0.2, 0.25) is 0 Å². The lowest BCUT2D eigenvalue weighted by atomic mass is 10.0. The summed E-state index contributed by atoms with van der Waals surface area (Å²) < 4.78 is 9.77. The summed E-state index contributed by atoms with van der Waals surface area (Å²) >= 11 is 0. The highest BCUT2D eigenvalue weighted by Gasteiger charge is 2.22. The van der Waals surface area contributed by atoms with Gasteiger partial charge in [-0.05, 0) is 31.0 Å². The summed E-state index contributed by atoms with van der Waals surface area (Å²) in [5.74, 6) is -1.74. The van der Waals surface area contributed by atoms with Gasteiger partial charge in [-0.3, -0.25) is 19.7 Å². The monoisotopic (exact) mass is 400 g/mol. The fraction of sp³-hybridized carbons (Fsp3) is 0.250. The molecular formula is C20H20N2O7. The normalized spacial score (nSPS) is 11.2. The van der Waals surface area contributed by atoms with Crippen LogP contribution in [-0.2, 0) is 20.7 Å².